The summed E-state index contributed by atoms with van der Waals surface area (Å²) in [5, 5.41) is 0.660. The Bertz CT molecular complexity index is 1320. The zero-order chi connectivity index (χ0) is 26.3. The lowest BCUT2D eigenvalue weighted by Crippen LogP contribution is -2.42. The van der Waals surface area contributed by atoms with Crippen LogP contribution in [0.25, 0.3) is 11.3 Å². The Hall–Kier alpha value is -3.09. The van der Waals surface area contributed by atoms with E-state index in [1.54, 1.807) is 13.2 Å². The summed E-state index contributed by atoms with van der Waals surface area (Å²) in [5.74, 6) is 0.768. The van der Waals surface area contributed by atoms with Crippen LogP contribution in [0.15, 0.2) is 48.5 Å². The second kappa shape index (κ2) is 10.3. The maximum atomic E-state index is 14.1. The van der Waals surface area contributed by atoms with Gasteiger partial charge >= 0.3 is 0 Å². The molecule has 0 saturated carbocycles. The molecule has 0 radical (unpaired) electrons. The molecule has 0 aliphatic carbocycles. The van der Waals surface area contributed by atoms with Crippen LogP contribution < -0.4 is 4.74 Å². The first-order chi connectivity index (χ1) is 17.8. The lowest BCUT2D eigenvalue weighted by Gasteiger charge is -2.37. The van der Waals surface area contributed by atoms with Crippen molar-refractivity contribution >= 4 is 23.3 Å². The van der Waals surface area contributed by atoms with Crippen molar-refractivity contribution in [3.63, 3.8) is 0 Å². The second-order valence-electron chi connectivity index (χ2n) is 9.99. The minimum absolute atomic E-state index is 0.0299. The lowest BCUT2D eigenvalue weighted by molar-refractivity contribution is 0.0242. The molecular weight excluding hydrogens is 488 g/mol. The van der Waals surface area contributed by atoms with Crippen LogP contribution in [0.2, 0.25) is 5.02 Å². The van der Waals surface area contributed by atoms with Crippen LogP contribution >= 0.6 is 11.6 Å². The predicted octanol–water partition coefficient (Wildman–Crippen LogP) is 6.71. The van der Waals surface area contributed by atoms with E-state index in [4.69, 9.17) is 21.1 Å². The molecule has 1 fully saturated rings. The van der Waals surface area contributed by atoms with Crippen molar-refractivity contribution < 1.29 is 19.1 Å². The van der Waals surface area contributed by atoms with E-state index in [9.17, 15) is 9.59 Å². The Morgan fingerprint density at radius 3 is 2.41 bits per heavy atom. The van der Waals surface area contributed by atoms with Crippen LogP contribution in [0, 0.1) is 0 Å². The van der Waals surface area contributed by atoms with Gasteiger partial charge in [0.25, 0.3) is 5.91 Å². The number of benzene rings is 2. The van der Waals surface area contributed by atoms with E-state index < -0.39 is 0 Å². The van der Waals surface area contributed by atoms with Gasteiger partial charge in [0.1, 0.15) is 5.75 Å². The number of amides is 1. The molecule has 7 heteroatoms. The molecule has 3 aromatic rings. The van der Waals surface area contributed by atoms with E-state index in [1.165, 1.54) is 0 Å². The Morgan fingerprint density at radius 1 is 1.08 bits per heavy atom. The van der Waals surface area contributed by atoms with Crippen LogP contribution in [0.1, 0.15) is 84.1 Å². The molecule has 2 aliphatic rings. The Morgan fingerprint density at radius 2 is 1.78 bits per heavy atom. The number of nitrogens with zero attached hydrogens (tertiary/aromatic N) is 2. The van der Waals surface area contributed by atoms with Gasteiger partial charge in [-0.3, -0.25) is 9.59 Å². The van der Waals surface area contributed by atoms with Gasteiger partial charge in [-0.05, 0) is 68.7 Å². The number of carbonyl (C=O) groups excluding carboxylic acids is 2. The molecule has 0 bridgehead atoms. The SMILES string of the molecule is CCC(=O)c1ccc(OC)c(-c2cc3c(n2C(C)C)C(c2ccc(Cl)cc2)N(C2CCOCC2)C3=O)c1. The molecule has 1 atom stereocenters. The number of fused-ring (bicyclic) bond motifs is 1. The third-order valence-corrected chi connectivity index (χ3v) is 7.74. The third kappa shape index (κ3) is 4.47. The minimum Gasteiger partial charge on any atom is -0.496 e. The first-order valence-corrected chi connectivity index (χ1v) is 13.4. The summed E-state index contributed by atoms with van der Waals surface area (Å²) in [7, 11) is 1.63. The topological polar surface area (TPSA) is 60.8 Å². The van der Waals surface area contributed by atoms with E-state index in [-0.39, 0.29) is 29.8 Å². The van der Waals surface area contributed by atoms with Crippen molar-refractivity contribution in [2.75, 3.05) is 20.3 Å². The van der Waals surface area contributed by atoms with Crippen LogP contribution in [0.3, 0.4) is 0 Å². The highest BCUT2D eigenvalue weighted by Crippen LogP contribution is 2.47. The van der Waals surface area contributed by atoms with Gasteiger partial charge in [0.05, 0.1) is 30.1 Å². The van der Waals surface area contributed by atoms with Crippen LogP contribution in [0.4, 0.5) is 0 Å². The number of hydrogen-bond donors (Lipinski definition) is 0. The maximum absolute atomic E-state index is 14.1. The van der Waals surface area contributed by atoms with Crippen molar-refractivity contribution in [3.8, 4) is 17.0 Å². The van der Waals surface area contributed by atoms with Gasteiger partial charge in [-0.15, -0.1) is 0 Å². The number of rotatable bonds is 7. The molecule has 0 spiro atoms. The van der Waals surface area contributed by atoms with Gasteiger partial charge in [0.15, 0.2) is 5.78 Å². The Labute approximate surface area is 223 Å². The predicted molar refractivity (Wildman–Crippen MR) is 145 cm³/mol. The number of aromatic nitrogens is 1. The van der Waals surface area contributed by atoms with Gasteiger partial charge in [-0.1, -0.05) is 30.7 Å². The van der Waals surface area contributed by atoms with Crippen molar-refractivity contribution in [2.45, 2.75) is 58.2 Å². The highest BCUT2D eigenvalue weighted by Gasteiger charge is 2.45. The highest BCUT2D eigenvalue weighted by molar-refractivity contribution is 6.30. The molecular formula is C30H33ClN2O4. The van der Waals surface area contributed by atoms with Gasteiger partial charge < -0.3 is 18.9 Å². The zero-order valence-electron chi connectivity index (χ0n) is 21.8. The highest BCUT2D eigenvalue weighted by atomic mass is 35.5. The molecule has 1 saturated heterocycles. The summed E-state index contributed by atoms with van der Waals surface area (Å²) in [4.78, 5) is 28.7. The average Bonchev–Trinajstić information content (AvgIpc) is 3.44. The van der Waals surface area contributed by atoms with E-state index in [1.807, 2.05) is 54.3 Å². The Kier molecular flexibility index (Phi) is 7.15. The molecule has 194 valence electrons. The van der Waals surface area contributed by atoms with Crippen LogP contribution in [0.5, 0.6) is 5.75 Å². The molecule has 1 aromatic heterocycles. The normalized spacial score (nSPS) is 17.9. The lowest BCUT2D eigenvalue weighted by atomic mass is 9.99. The number of halogens is 1. The molecule has 5 rings (SSSR count). The second-order valence-corrected chi connectivity index (χ2v) is 10.4. The number of ketones is 1. The van der Waals surface area contributed by atoms with Crippen molar-refractivity contribution in [1.82, 2.24) is 9.47 Å². The standard InChI is InChI=1S/C30H33ClN2O4/c1-5-26(34)20-8-11-27(36-4)23(16-20)25-17-24-29(32(25)18(2)3)28(19-6-9-21(31)10-7-19)33(30(24)35)22-12-14-37-15-13-22/h6-11,16-18,22,28H,5,12-15H2,1-4H3. The fourth-order valence-corrected chi connectivity index (χ4v) is 5.86. The maximum Gasteiger partial charge on any atom is 0.256 e. The molecule has 2 aliphatic heterocycles. The van der Waals surface area contributed by atoms with E-state index in [0.29, 0.717) is 41.5 Å². The molecule has 2 aromatic carbocycles. The largest absolute Gasteiger partial charge is 0.496 e. The summed E-state index contributed by atoms with van der Waals surface area (Å²) in [6.45, 7) is 7.40. The van der Waals surface area contributed by atoms with E-state index in [0.717, 1.165) is 35.4 Å². The summed E-state index contributed by atoms with van der Waals surface area (Å²) in [6, 6.07) is 15.2. The number of hydrogen-bond acceptors (Lipinski definition) is 4. The quantitative estimate of drug-likeness (QED) is 0.325. The van der Waals surface area contributed by atoms with Crippen molar-refractivity contribution in [1.29, 1.82) is 0 Å². The van der Waals surface area contributed by atoms with Crippen LogP contribution in [-0.4, -0.2) is 47.5 Å². The number of carbonyl (C=O) groups is 2. The minimum atomic E-state index is -0.245. The smallest absolute Gasteiger partial charge is 0.256 e. The van der Waals surface area contributed by atoms with Gasteiger partial charge in [0, 0.05) is 47.9 Å². The summed E-state index contributed by atoms with van der Waals surface area (Å²) < 4.78 is 13.6. The number of Topliss-reactive ketones (excluding diaryl/α,β-unsaturated/α-hetero) is 1. The zero-order valence-corrected chi connectivity index (χ0v) is 22.5. The summed E-state index contributed by atoms with van der Waals surface area (Å²) >= 11 is 6.24. The van der Waals surface area contributed by atoms with Crippen LogP contribution in [-0.2, 0) is 4.74 Å². The fourth-order valence-electron chi connectivity index (χ4n) is 5.73. The summed E-state index contributed by atoms with van der Waals surface area (Å²) in [5.41, 5.74) is 5.02. The number of ether oxygens (including phenoxy) is 2. The van der Waals surface area contributed by atoms with Crippen molar-refractivity contribution in [2.24, 2.45) is 0 Å². The first-order valence-electron chi connectivity index (χ1n) is 13.0. The molecule has 1 amide bonds. The molecule has 0 N–H and O–H groups in total. The molecule has 37 heavy (non-hydrogen) atoms. The molecule has 1 unspecified atom stereocenters. The van der Waals surface area contributed by atoms with Gasteiger partial charge in [-0.25, -0.2) is 0 Å². The van der Waals surface area contributed by atoms with Gasteiger partial charge in [-0.2, -0.15) is 0 Å². The first kappa shape index (κ1) is 25.6. The van der Waals surface area contributed by atoms with E-state index >= 15 is 0 Å². The molecule has 6 nitrogen and oxygen atoms in total. The average molecular weight is 521 g/mol. The number of methoxy groups -OCH3 is 1. The molecule has 3 heterocycles. The van der Waals surface area contributed by atoms with E-state index in [2.05, 4.69) is 18.4 Å². The van der Waals surface area contributed by atoms with Gasteiger partial charge in [0.2, 0.25) is 0 Å². The summed E-state index contributed by atoms with van der Waals surface area (Å²) in [6.07, 6.45) is 2.04. The fraction of sp³-hybridized carbons (Fsp3) is 0.400. The monoisotopic (exact) mass is 520 g/mol. The van der Waals surface area contributed by atoms with Crippen molar-refractivity contribution in [3.05, 3.63) is 75.9 Å². The Balaban J connectivity index is 1.73. The third-order valence-electron chi connectivity index (χ3n) is 7.48.